The van der Waals surface area contributed by atoms with E-state index in [0.717, 1.165) is 22.6 Å². The molecule has 0 radical (unpaired) electrons. The predicted octanol–water partition coefficient (Wildman–Crippen LogP) is 4.53. The third-order valence-corrected chi connectivity index (χ3v) is 5.01. The van der Waals surface area contributed by atoms with Crippen LogP contribution in [-0.2, 0) is 0 Å². The van der Waals surface area contributed by atoms with E-state index in [0.29, 0.717) is 11.4 Å². The molecule has 0 bridgehead atoms. The molecule has 0 unspecified atom stereocenters. The average Bonchev–Trinajstić information content (AvgIpc) is 3.04. The highest BCUT2D eigenvalue weighted by Gasteiger charge is 2.44. The highest BCUT2D eigenvalue weighted by molar-refractivity contribution is 5.59. The minimum Gasteiger partial charge on any atom is -0.485 e. The van der Waals surface area contributed by atoms with Gasteiger partial charge in [0, 0.05) is 17.3 Å². The van der Waals surface area contributed by atoms with Crippen LogP contribution in [0.1, 0.15) is 31.1 Å². The number of benzene rings is 2. The quantitative estimate of drug-likeness (QED) is 0.684. The Labute approximate surface area is 158 Å². The first-order valence-corrected chi connectivity index (χ1v) is 8.90. The van der Waals surface area contributed by atoms with Gasteiger partial charge in [0.1, 0.15) is 23.3 Å². The Bertz CT molecular complexity index is 1030. The maximum Gasteiger partial charge on any atom is 0.187 e. The Morgan fingerprint density at radius 1 is 1.19 bits per heavy atom. The summed E-state index contributed by atoms with van der Waals surface area (Å²) in [5.41, 5.74) is 2.39. The molecule has 0 saturated carbocycles. The van der Waals surface area contributed by atoms with Crippen molar-refractivity contribution in [1.82, 2.24) is 9.55 Å². The number of rotatable bonds is 2. The Kier molecular flexibility index (Phi) is 4.01. The molecule has 3 aromatic rings. The molecule has 27 heavy (non-hydrogen) atoms. The second-order valence-corrected chi connectivity index (χ2v) is 7.41. The van der Waals surface area contributed by atoms with Crippen LogP contribution in [0.4, 0.5) is 5.69 Å². The molecular weight excluding hydrogens is 338 g/mol. The maximum absolute atomic E-state index is 11.2. The van der Waals surface area contributed by atoms with Crippen LogP contribution in [0.2, 0.25) is 0 Å². The van der Waals surface area contributed by atoms with Crippen LogP contribution in [0.5, 0.6) is 5.75 Å². The molecule has 0 saturated heterocycles. The van der Waals surface area contributed by atoms with E-state index < -0.39 is 17.7 Å². The summed E-state index contributed by atoms with van der Waals surface area (Å²) in [6.07, 6.45) is 1.15. The zero-order valence-electron chi connectivity index (χ0n) is 15.5. The first-order valence-electron chi connectivity index (χ1n) is 8.90. The summed E-state index contributed by atoms with van der Waals surface area (Å²) in [5.74, 6) is 1.47. The summed E-state index contributed by atoms with van der Waals surface area (Å²) in [4.78, 5) is 8.25. The Balaban J connectivity index is 1.95. The highest BCUT2D eigenvalue weighted by atomic mass is 16.5. The van der Waals surface area contributed by atoms with Crippen molar-refractivity contribution in [3.05, 3.63) is 77.4 Å². The van der Waals surface area contributed by atoms with Crippen molar-refractivity contribution in [3.63, 3.8) is 0 Å². The summed E-state index contributed by atoms with van der Waals surface area (Å²) in [6.45, 7) is 13.0. The number of ether oxygens (including phenoxy) is 1. The van der Waals surface area contributed by atoms with E-state index in [1.165, 1.54) is 0 Å². The SMILES string of the molecule is [C-]#[N+]c1ccc2c(c1)[C@@H](n1cc(C)nc1-c1ccccc1)[C@H](O)C(C)(C)O2. The van der Waals surface area contributed by atoms with E-state index in [-0.39, 0.29) is 0 Å². The van der Waals surface area contributed by atoms with Gasteiger partial charge in [0.25, 0.3) is 0 Å². The lowest BCUT2D eigenvalue weighted by Gasteiger charge is -2.43. The van der Waals surface area contributed by atoms with Gasteiger partial charge in [-0.25, -0.2) is 9.83 Å². The van der Waals surface area contributed by atoms with E-state index in [2.05, 4.69) is 4.85 Å². The molecule has 1 N–H and O–H groups in total. The number of aromatic nitrogens is 2. The van der Waals surface area contributed by atoms with Crippen molar-refractivity contribution < 1.29 is 9.84 Å². The van der Waals surface area contributed by atoms with Gasteiger partial charge in [-0.05, 0) is 32.9 Å². The lowest BCUT2D eigenvalue weighted by Crippen LogP contribution is -2.50. The summed E-state index contributed by atoms with van der Waals surface area (Å²) < 4.78 is 8.05. The molecule has 0 spiro atoms. The van der Waals surface area contributed by atoms with Crippen LogP contribution in [-0.4, -0.2) is 26.4 Å². The molecule has 4 rings (SSSR count). The number of aliphatic hydroxyl groups excluding tert-OH is 1. The Hall–Kier alpha value is -3.10. The molecule has 5 heteroatoms. The van der Waals surface area contributed by atoms with Gasteiger partial charge in [0.2, 0.25) is 0 Å². The third kappa shape index (κ3) is 2.88. The van der Waals surface area contributed by atoms with Gasteiger partial charge in [0.15, 0.2) is 5.69 Å². The Morgan fingerprint density at radius 3 is 2.63 bits per heavy atom. The summed E-state index contributed by atoms with van der Waals surface area (Å²) in [6, 6.07) is 14.9. The van der Waals surface area contributed by atoms with Crippen molar-refractivity contribution in [3.8, 4) is 17.1 Å². The van der Waals surface area contributed by atoms with Gasteiger partial charge < -0.3 is 14.4 Å². The van der Waals surface area contributed by atoms with Crippen molar-refractivity contribution in [2.45, 2.75) is 38.5 Å². The van der Waals surface area contributed by atoms with Crippen LogP contribution in [0, 0.1) is 13.5 Å². The van der Waals surface area contributed by atoms with Crippen molar-refractivity contribution in [2.75, 3.05) is 0 Å². The monoisotopic (exact) mass is 359 g/mol. The van der Waals surface area contributed by atoms with Gasteiger partial charge in [-0.15, -0.1) is 0 Å². The van der Waals surface area contributed by atoms with Crippen LogP contribution in [0.15, 0.2) is 54.7 Å². The van der Waals surface area contributed by atoms with E-state index in [4.69, 9.17) is 16.3 Å². The van der Waals surface area contributed by atoms with Gasteiger partial charge in [-0.1, -0.05) is 36.4 Å². The van der Waals surface area contributed by atoms with Gasteiger partial charge in [-0.3, -0.25) is 0 Å². The third-order valence-electron chi connectivity index (χ3n) is 5.01. The van der Waals surface area contributed by atoms with Crippen LogP contribution < -0.4 is 4.74 Å². The number of aryl methyl sites for hydroxylation is 1. The molecule has 0 fully saturated rings. The minimum atomic E-state index is -0.804. The molecule has 1 aliphatic heterocycles. The smallest absolute Gasteiger partial charge is 0.187 e. The molecule has 5 nitrogen and oxygen atoms in total. The standard InChI is InChI=1S/C22H21N3O2/c1-14-13-25(21(24-14)15-8-6-5-7-9-15)19-17-12-16(23-4)10-11-18(17)27-22(2,3)20(19)26/h5-13,19-20,26H,1-3H3/t19-,20+/m1/s1. The largest absolute Gasteiger partial charge is 0.485 e. The lowest BCUT2D eigenvalue weighted by molar-refractivity contribution is -0.0633. The van der Waals surface area contributed by atoms with Crippen molar-refractivity contribution >= 4 is 5.69 Å². The number of fused-ring (bicyclic) bond motifs is 1. The molecule has 2 heterocycles. The van der Waals surface area contributed by atoms with E-state index in [9.17, 15) is 5.11 Å². The zero-order chi connectivity index (χ0) is 19.2. The van der Waals surface area contributed by atoms with E-state index in [1.807, 2.05) is 67.9 Å². The summed E-state index contributed by atoms with van der Waals surface area (Å²) >= 11 is 0. The molecule has 136 valence electrons. The maximum atomic E-state index is 11.2. The number of nitrogens with zero attached hydrogens (tertiary/aromatic N) is 3. The van der Waals surface area contributed by atoms with Crippen LogP contribution in [0.3, 0.4) is 0 Å². The predicted molar refractivity (Wildman–Crippen MR) is 104 cm³/mol. The molecule has 1 aliphatic rings. The topological polar surface area (TPSA) is 51.6 Å². The fourth-order valence-electron chi connectivity index (χ4n) is 3.65. The molecule has 2 aromatic carbocycles. The number of aliphatic hydroxyl groups is 1. The highest BCUT2D eigenvalue weighted by Crippen LogP contribution is 2.44. The summed E-state index contributed by atoms with van der Waals surface area (Å²) in [5, 5.41) is 11.2. The average molecular weight is 359 g/mol. The van der Waals surface area contributed by atoms with E-state index >= 15 is 0 Å². The molecular formula is C22H21N3O2. The fraction of sp³-hybridized carbons (Fsp3) is 0.273. The van der Waals surface area contributed by atoms with Crippen LogP contribution >= 0.6 is 0 Å². The lowest BCUT2D eigenvalue weighted by atomic mass is 9.86. The van der Waals surface area contributed by atoms with E-state index in [1.54, 1.807) is 12.1 Å². The second-order valence-electron chi connectivity index (χ2n) is 7.41. The molecule has 0 amide bonds. The van der Waals surface area contributed by atoms with Gasteiger partial charge in [-0.2, -0.15) is 0 Å². The molecule has 2 atom stereocenters. The number of hydrogen-bond acceptors (Lipinski definition) is 3. The Morgan fingerprint density at radius 2 is 1.93 bits per heavy atom. The molecule has 0 aliphatic carbocycles. The first-order chi connectivity index (χ1) is 12.9. The summed E-state index contributed by atoms with van der Waals surface area (Å²) in [7, 11) is 0. The number of hydrogen-bond donors (Lipinski definition) is 1. The van der Waals surface area contributed by atoms with Crippen LogP contribution in [0.25, 0.3) is 16.2 Å². The van der Waals surface area contributed by atoms with Gasteiger partial charge >= 0.3 is 0 Å². The molecule has 1 aromatic heterocycles. The zero-order valence-corrected chi connectivity index (χ0v) is 15.5. The minimum absolute atomic E-state index is 0.401. The van der Waals surface area contributed by atoms with Crippen molar-refractivity contribution in [1.29, 1.82) is 0 Å². The second kappa shape index (κ2) is 6.26. The van der Waals surface area contributed by atoms with Gasteiger partial charge in [0.05, 0.1) is 18.3 Å². The normalized spacial score (nSPS) is 20.4. The number of imidazole rings is 1. The first kappa shape index (κ1) is 17.3. The van der Waals surface area contributed by atoms with Crippen molar-refractivity contribution in [2.24, 2.45) is 0 Å². The fourth-order valence-corrected chi connectivity index (χ4v) is 3.65.